The molecule has 1 aromatic carbocycles. The Kier molecular flexibility index (Phi) is 8.50. The Morgan fingerprint density at radius 1 is 1.40 bits per heavy atom. The number of esters is 1. The van der Waals surface area contributed by atoms with Crippen molar-refractivity contribution >= 4 is 47.0 Å². The Morgan fingerprint density at radius 2 is 2.08 bits per heavy atom. The van der Waals surface area contributed by atoms with Crippen LogP contribution in [0, 0.1) is 5.82 Å². The van der Waals surface area contributed by atoms with Crippen LogP contribution in [0.2, 0.25) is 5.02 Å². The molecular weight excluding hydrogens is 373 g/mol. The van der Waals surface area contributed by atoms with Crippen molar-refractivity contribution in [1.29, 1.82) is 0 Å². The summed E-state index contributed by atoms with van der Waals surface area (Å²) in [6, 6.07) is 1.66. The molecule has 2 atom stereocenters. The summed E-state index contributed by atoms with van der Waals surface area (Å²) in [5, 5.41) is 4.73. The molecule has 0 saturated heterocycles. The van der Waals surface area contributed by atoms with Gasteiger partial charge in [0.1, 0.15) is 11.9 Å². The molecule has 0 fully saturated rings. The van der Waals surface area contributed by atoms with Crippen molar-refractivity contribution in [3.05, 3.63) is 29.0 Å². The smallest absolute Gasteiger partial charge is 0.329 e. The molecule has 0 unspecified atom stereocenters. The maximum Gasteiger partial charge on any atom is 0.329 e. The molecule has 0 bridgehead atoms. The molecule has 1 rings (SSSR count). The zero-order valence-electron chi connectivity index (χ0n) is 13.7. The van der Waals surface area contributed by atoms with E-state index in [1.807, 2.05) is 6.26 Å². The number of carbonyl (C=O) groups excluding carboxylic acids is 3. The minimum atomic E-state index is -1.15. The van der Waals surface area contributed by atoms with Crippen molar-refractivity contribution in [2.45, 2.75) is 25.5 Å². The molecule has 10 heteroatoms. The van der Waals surface area contributed by atoms with Crippen LogP contribution >= 0.6 is 23.4 Å². The van der Waals surface area contributed by atoms with E-state index in [1.165, 1.54) is 24.8 Å². The summed E-state index contributed by atoms with van der Waals surface area (Å²) in [5.41, 5.74) is 5.22. The van der Waals surface area contributed by atoms with E-state index in [2.05, 4.69) is 10.6 Å². The number of urea groups is 1. The highest BCUT2D eigenvalue weighted by atomic mass is 35.5. The maximum atomic E-state index is 13.0. The van der Waals surface area contributed by atoms with Crippen LogP contribution in [0.5, 0.6) is 0 Å². The number of hydrogen-bond donors (Lipinski definition) is 3. The Labute approximate surface area is 153 Å². The van der Waals surface area contributed by atoms with Gasteiger partial charge in [-0.2, -0.15) is 11.8 Å². The second-order valence-electron chi connectivity index (χ2n) is 5.04. The normalized spacial score (nSPS) is 12.8. The first-order chi connectivity index (χ1) is 11.7. The van der Waals surface area contributed by atoms with Gasteiger partial charge in [0.15, 0.2) is 6.10 Å². The highest BCUT2D eigenvalue weighted by molar-refractivity contribution is 7.98. The molecule has 0 spiro atoms. The average Bonchev–Trinajstić information content (AvgIpc) is 2.53. The summed E-state index contributed by atoms with van der Waals surface area (Å²) in [6.45, 7) is 1.36. The SMILES string of the molecule is CSCC[C@@H](NC(N)=O)C(=O)O[C@@H](C)C(=O)Nc1ccc(F)cc1Cl. The molecular formula is C15H19ClFN3O4S. The zero-order chi connectivity index (χ0) is 19.0. The van der Waals surface area contributed by atoms with Gasteiger partial charge in [0.05, 0.1) is 10.7 Å². The average molecular weight is 392 g/mol. The molecule has 1 aromatic rings. The maximum absolute atomic E-state index is 13.0. The van der Waals surface area contributed by atoms with Crippen molar-refractivity contribution in [2.24, 2.45) is 5.73 Å². The molecule has 0 heterocycles. The Bertz CT molecular complexity index is 647. The summed E-state index contributed by atoms with van der Waals surface area (Å²) < 4.78 is 18.1. The lowest BCUT2D eigenvalue weighted by Gasteiger charge is -2.19. The van der Waals surface area contributed by atoms with Gasteiger partial charge in [0, 0.05) is 0 Å². The largest absolute Gasteiger partial charge is 0.451 e. The molecule has 7 nitrogen and oxygen atoms in total. The number of ether oxygens (including phenoxy) is 1. The fourth-order valence-electron chi connectivity index (χ4n) is 1.79. The van der Waals surface area contributed by atoms with Crippen LogP contribution < -0.4 is 16.4 Å². The lowest BCUT2D eigenvalue weighted by atomic mass is 10.2. The molecule has 0 saturated carbocycles. The third kappa shape index (κ3) is 7.18. The minimum Gasteiger partial charge on any atom is -0.451 e. The lowest BCUT2D eigenvalue weighted by molar-refractivity contribution is -0.155. The number of carbonyl (C=O) groups is 3. The lowest BCUT2D eigenvalue weighted by Crippen LogP contribution is -2.46. The van der Waals surface area contributed by atoms with Gasteiger partial charge < -0.3 is 21.1 Å². The minimum absolute atomic E-state index is 0.0140. The number of rotatable bonds is 8. The predicted octanol–water partition coefficient (Wildman–Crippen LogP) is 2.14. The summed E-state index contributed by atoms with van der Waals surface area (Å²) in [5.74, 6) is -1.38. The third-order valence-corrected chi connectivity index (χ3v) is 4.02. The molecule has 3 amide bonds. The van der Waals surface area contributed by atoms with Crippen LogP contribution in [0.15, 0.2) is 18.2 Å². The van der Waals surface area contributed by atoms with E-state index in [-0.39, 0.29) is 10.7 Å². The first-order valence-electron chi connectivity index (χ1n) is 7.26. The number of anilines is 1. The monoisotopic (exact) mass is 391 g/mol. The molecule has 0 aliphatic rings. The van der Waals surface area contributed by atoms with Crippen LogP contribution in [0.4, 0.5) is 14.9 Å². The molecule has 0 radical (unpaired) electrons. The second-order valence-corrected chi connectivity index (χ2v) is 6.43. The Balaban J connectivity index is 2.67. The van der Waals surface area contributed by atoms with Crippen LogP contribution in [-0.2, 0) is 14.3 Å². The highest BCUT2D eigenvalue weighted by Gasteiger charge is 2.26. The molecule has 4 N–H and O–H groups in total. The van der Waals surface area contributed by atoms with Crippen LogP contribution in [-0.4, -0.2) is 42.1 Å². The van der Waals surface area contributed by atoms with Crippen LogP contribution in [0.1, 0.15) is 13.3 Å². The van der Waals surface area contributed by atoms with E-state index < -0.39 is 35.9 Å². The van der Waals surface area contributed by atoms with Crippen molar-refractivity contribution < 1.29 is 23.5 Å². The van der Waals surface area contributed by atoms with Gasteiger partial charge in [-0.05, 0) is 43.6 Å². The summed E-state index contributed by atoms with van der Waals surface area (Å²) in [4.78, 5) is 35.2. The second kappa shape index (κ2) is 10.1. The first-order valence-corrected chi connectivity index (χ1v) is 9.03. The van der Waals surface area contributed by atoms with E-state index in [4.69, 9.17) is 22.1 Å². The van der Waals surface area contributed by atoms with Gasteiger partial charge in [0.2, 0.25) is 0 Å². The fraction of sp³-hybridized carbons (Fsp3) is 0.400. The fourth-order valence-corrected chi connectivity index (χ4v) is 2.48. The first kappa shape index (κ1) is 21.0. The van der Waals surface area contributed by atoms with Crippen molar-refractivity contribution in [3.63, 3.8) is 0 Å². The number of thioether (sulfide) groups is 1. The van der Waals surface area contributed by atoms with Gasteiger partial charge >= 0.3 is 12.0 Å². The number of nitrogens with one attached hydrogen (secondary N) is 2. The molecule has 0 aromatic heterocycles. The van der Waals surface area contributed by atoms with E-state index in [1.54, 1.807) is 0 Å². The number of benzene rings is 1. The number of hydrogen-bond acceptors (Lipinski definition) is 5. The number of nitrogens with two attached hydrogens (primary N) is 1. The number of halogens is 2. The summed E-state index contributed by atoms with van der Waals surface area (Å²) in [7, 11) is 0. The van der Waals surface area contributed by atoms with Gasteiger partial charge in [-0.25, -0.2) is 14.0 Å². The number of primary amides is 1. The summed E-state index contributed by atoms with van der Waals surface area (Å²) in [6.07, 6.45) is 0.996. The predicted molar refractivity (Wildman–Crippen MR) is 95.1 cm³/mol. The summed E-state index contributed by atoms with van der Waals surface area (Å²) >= 11 is 7.30. The van der Waals surface area contributed by atoms with Crippen LogP contribution in [0.25, 0.3) is 0 Å². The van der Waals surface area contributed by atoms with Gasteiger partial charge in [-0.15, -0.1) is 0 Å². The van der Waals surface area contributed by atoms with E-state index in [0.29, 0.717) is 12.2 Å². The highest BCUT2D eigenvalue weighted by Crippen LogP contribution is 2.22. The van der Waals surface area contributed by atoms with Gasteiger partial charge in [-0.3, -0.25) is 4.79 Å². The molecule has 0 aliphatic heterocycles. The Morgan fingerprint density at radius 3 is 2.64 bits per heavy atom. The third-order valence-electron chi connectivity index (χ3n) is 3.06. The van der Waals surface area contributed by atoms with Gasteiger partial charge in [0.25, 0.3) is 5.91 Å². The van der Waals surface area contributed by atoms with Gasteiger partial charge in [-0.1, -0.05) is 11.6 Å². The molecule has 25 heavy (non-hydrogen) atoms. The van der Waals surface area contributed by atoms with Crippen LogP contribution in [0.3, 0.4) is 0 Å². The van der Waals surface area contributed by atoms with Crippen molar-refractivity contribution in [1.82, 2.24) is 5.32 Å². The number of amides is 3. The van der Waals surface area contributed by atoms with E-state index >= 15 is 0 Å². The van der Waals surface area contributed by atoms with Crippen molar-refractivity contribution in [2.75, 3.05) is 17.3 Å². The Hall–Kier alpha value is -2.00. The zero-order valence-corrected chi connectivity index (χ0v) is 15.2. The van der Waals surface area contributed by atoms with Crippen molar-refractivity contribution in [3.8, 4) is 0 Å². The molecule has 138 valence electrons. The van der Waals surface area contributed by atoms with E-state index in [9.17, 15) is 18.8 Å². The quantitative estimate of drug-likeness (QED) is 0.588. The van der Waals surface area contributed by atoms with E-state index in [0.717, 1.165) is 12.1 Å². The standard InChI is InChI=1S/C15H19ClFN3O4S/c1-8(13(21)19-11-4-3-9(17)7-10(11)16)24-14(22)12(5-6-25-2)20-15(18)23/h3-4,7-8,12H,5-6H2,1-2H3,(H,19,21)(H3,18,20,23)/t8-,12+/m0/s1. The topological polar surface area (TPSA) is 111 Å². The molecule has 0 aliphatic carbocycles.